The molecule has 0 saturated carbocycles. The minimum Gasteiger partial charge on any atom is -0.383 e. The summed E-state index contributed by atoms with van der Waals surface area (Å²) in [6.07, 6.45) is 0. The first kappa shape index (κ1) is 16.2. The molecule has 0 aromatic heterocycles. The zero-order chi connectivity index (χ0) is 15.4. The van der Waals surface area contributed by atoms with Crippen LogP contribution in [0.4, 0.5) is 5.69 Å². The highest BCUT2D eigenvalue weighted by atomic mass is 35.5. The van der Waals surface area contributed by atoms with Crippen LogP contribution in [0.5, 0.6) is 0 Å². The van der Waals surface area contributed by atoms with E-state index in [1.54, 1.807) is 0 Å². The van der Waals surface area contributed by atoms with Crippen molar-refractivity contribution in [3.05, 3.63) is 63.6 Å². The van der Waals surface area contributed by atoms with Crippen LogP contribution in [0.3, 0.4) is 0 Å². The van der Waals surface area contributed by atoms with E-state index in [0.29, 0.717) is 16.9 Å². The highest BCUT2D eigenvalue weighted by Crippen LogP contribution is 2.31. The lowest BCUT2D eigenvalue weighted by Crippen LogP contribution is -2.18. The molecular formula is C18H21Cl2N. The molecule has 2 rings (SSSR count). The summed E-state index contributed by atoms with van der Waals surface area (Å²) in [7, 11) is 0. The number of halogens is 2. The Hall–Kier alpha value is -1.18. The molecule has 0 heterocycles. The minimum atomic E-state index is 0.433. The molecule has 0 aliphatic rings. The molecule has 2 aromatic carbocycles. The lowest BCUT2D eigenvalue weighted by atomic mass is 9.88. The van der Waals surface area contributed by atoms with E-state index < -0.39 is 0 Å². The number of rotatable bonds is 5. The second-order valence-corrected chi connectivity index (χ2v) is 6.54. The van der Waals surface area contributed by atoms with Gasteiger partial charge in [-0.05, 0) is 36.1 Å². The van der Waals surface area contributed by atoms with Crippen molar-refractivity contribution in [1.82, 2.24) is 0 Å². The number of hydrogen-bond acceptors (Lipinski definition) is 1. The SMILES string of the molecule is Cc1cc(Cl)c(NCC(c2ccccc2)C(C)C)cc1Cl. The zero-order valence-corrected chi connectivity index (χ0v) is 14.2. The first-order valence-corrected chi connectivity index (χ1v) is 7.99. The first-order valence-electron chi connectivity index (χ1n) is 7.23. The fraction of sp³-hybridized carbons (Fsp3) is 0.333. The van der Waals surface area contributed by atoms with Crippen molar-refractivity contribution in [2.45, 2.75) is 26.7 Å². The Morgan fingerprint density at radius 2 is 1.67 bits per heavy atom. The van der Waals surface area contributed by atoms with Crippen LogP contribution >= 0.6 is 23.2 Å². The predicted molar refractivity (Wildman–Crippen MR) is 93.7 cm³/mol. The van der Waals surface area contributed by atoms with Crippen molar-refractivity contribution < 1.29 is 0 Å². The van der Waals surface area contributed by atoms with Gasteiger partial charge in [0.25, 0.3) is 0 Å². The highest BCUT2D eigenvalue weighted by molar-refractivity contribution is 6.35. The lowest BCUT2D eigenvalue weighted by Gasteiger charge is -2.23. The summed E-state index contributed by atoms with van der Waals surface area (Å²) in [5.74, 6) is 0.974. The molecule has 0 spiro atoms. The van der Waals surface area contributed by atoms with E-state index in [1.165, 1.54) is 5.56 Å². The third kappa shape index (κ3) is 4.15. The van der Waals surface area contributed by atoms with Gasteiger partial charge in [-0.15, -0.1) is 0 Å². The van der Waals surface area contributed by atoms with Gasteiger partial charge >= 0.3 is 0 Å². The molecule has 112 valence electrons. The minimum absolute atomic E-state index is 0.433. The molecule has 21 heavy (non-hydrogen) atoms. The van der Waals surface area contributed by atoms with E-state index in [0.717, 1.165) is 22.8 Å². The van der Waals surface area contributed by atoms with Gasteiger partial charge in [0.2, 0.25) is 0 Å². The molecule has 0 radical (unpaired) electrons. The van der Waals surface area contributed by atoms with Gasteiger partial charge in [0.15, 0.2) is 0 Å². The van der Waals surface area contributed by atoms with Gasteiger partial charge in [0, 0.05) is 17.5 Å². The standard InChI is InChI=1S/C18H21Cl2N/c1-12(2)15(14-7-5-4-6-8-14)11-21-18-10-16(19)13(3)9-17(18)20/h4-10,12,15,21H,11H2,1-3H3. The molecule has 3 heteroatoms. The fourth-order valence-corrected chi connectivity index (χ4v) is 2.89. The fourth-order valence-electron chi connectivity index (χ4n) is 2.44. The van der Waals surface area contributed by atoms with Crippen molar-refractivity contribution in [1.29, 1.82) is 0 Å². The van der Waals surface area contributed by atoms with Crippen molar-refractivity contribution >= 4 is 28.9 Å². The summed E-state index contributed by atoms with van der Waals surface area (Å²) >= 11 is 12.5. The largest absolute Gasteiger partial charge is 0.383 e. The Morgan fingerprint density at radius 3 is 2.29 bits per heavy atom. The molecule has 1 unspecified atom stereocenters. The first-order chi connectivity index (χ1) is 9.99. The Labute approximate surface area is 137 Å². The molecule has 1 atom stereocenters. The third-order valence-corrected chi connectivity index (χ3v) is 4.51. The van der Waals surface area contributed by atoms with E-state index in [1.807, 2.05) is 25.1 Å². The van der Waals surface area contributed by atoms with Gasteiger partial charge in [-0.2, -0.15) is 0 Å². The maximum Gasteiger partial charge on any atom is 0.0641 e. The Balaban J connectivity index is 2.15. The van der Waals surface area contributed by atoms with E-state index >= 15 is 0 Å². The van der Waals surface area contributed by atoms with E-state index in [-0.39, 0.29) is 0 Å². The van der Waals surface area contributed by atoms with Crippen LogP contribution in [-0.2, 0) is 0 Å². The molecule has 0 amide bonds. The molecule has 1 N–H and O–H groups in total. The summed E-state index contributed by atoms with van der Waals surface area (Å²) in [5, 5.41) is 4.90. The van der Waals surface area contributed by atoms with Crippen molar-refractivity contribution in [3.8, 4) is 0 Å². The Morgan fingerprint density at radius 1 is 1.00 bits per heavy atom. The van der Waals surface area contributed by atoms with E-state index in [2.05, 4.69) is 43.4 Å². The van der Waals surface area contributed by atoms with Crippen molar-refractivity contribution in [3.63, 3.8) is 0 Å². The molecule has 0 fully saturated rings. The normalized spacial score (nSPS) is 12.5. The summed E-state index contributed by atoms with van der Waals surface area (Å²) in [6.45, 7) is 7.27. The molecule has 0 aliphatic heterocycles. The van der Waals surface area contributed by atoms with Gasteiger partial charge in [0.1, 0.15) is 0 Å². The Kier molecular flexibility index (Phi) is 5.55. The maximum atomic E-state index is 6.29. The van der Waals surface area contributed by atoms with Gasteiger partial charge in [-0.25, -0.2) is 0 Å². The van der Waals surface area contributed by atoms with Crippen LogP contribution in [0.2, 0.25) is 10.0 Å². The van der Waals surface area contributed by atoms with Gasteiger partial charge < -0.3 is 5.32 Å². The number of hydrogen-bond donors (Lipinski definition) is 1. The van der Waals surface area contributed by atoms with Gasteiger partial charge in [0.05, 0.1) is 10.7 Å². The third-order valence-electron chi connectivity index (χ3n) is 3.79. The average molecular weight is 322 g/mol. The van der Waals surface area contributed by atoms with Crippen LogP contribution in [0.25, 0.3) is 0 Å². The second kappa shape index (κ2) is 7.20. The maximum absolute atomic E-state index is 6.29. The van der Waals surface area contributed by atoms with Crippen LogP contribution in [-0.4, -0.2) is 6.54 Å². The van der Waals surface area contributed by atoms with Gasteiger partial charge in [-0.1, -0.05) is 67.4 Å². The summed E-state index contributed by atoms with van der Waals surface area (Å²) < 4.78 is 0. The monoisotopic (exact) mass is 321 g/mol. The number of aryl methyl sites for hydroxylation is 1. The van der Waals surface area contributed by atoms with E-state index in [4.69, 9.17) is 23.2 Å². The van der Waals surface area contributed by atoms with Crippen LogP contribution in [0.1, 0.15) is 30.9 Å². The average Bonchev–Trinajstić information content (AvgIpc) is 2.45. The quantitative estimate of drug-likeness (QED) is 0.696. The number of nitrogens with one attached hydrogen (secondary N) is 1. The number of benzene rings is 2. The van der Waals surface area contributed by atoms with Crippen LogP contribution in [0, 0.1) is 12.8 Å². The van der Waals surface area contributed by atoms with Crippen molar-refractivity contribution in [2.24, 2.45) is 5.92 Å². The molecule has 2 aromatic rings. The smallest absolute Gasteiger partial charge is 0.0641 e. The molecule has 0 aliphatic carbocycles. The second-order valence-electron chi connectivity index (χ2n) is 5.72. The topological polar surface area (TPSA) is 12.0 Å². The van der Waals surface area contributed by atoms with E-state index in [9.17, 15) is 0 Å². The highest BCUT2D eigenvalue weighted by Gasteiger charge is 2.16. The van der Waals surface area contributed by atoms with Crippen molar-refractivity contribution in [2.75, 3.05) is 11.9 Å². The Bertz CT molecular complexity index is 594. The van der Waals surface area contributed by atoms with Gasteiger partial charge in [-0.3, -0.25) is 0 Å². The molecular weight excluding hydrogens is 301 g/mol. The predicted octanol–water partition coefficient (Wildman–Crippen LogP) is 6.15. The number of anilines is 1. The van der Waals surface area contributed by atoms with Crippen LogP contribution in [0.15, 0.2) is 42.5 Å². The summed E-state index contributed by atoms with van der Waals surface area (Å²) in [5.41, 5.74) is 3.24. The zero-order valence-electron chi connectivity index (χ0n) is 12.7. The lowest BCUT2D eigenvalue weighted by molar-refractivity contribution is 0.517. The van der Waals surface area contributed by atoms with Crippen LogP contribution < -0.4 is 5.32 Å². The summed E-state index contributed by atoms with van der Waals surface area (Å²) in [4.78, 5) is 0. The molecule has 0 saturated heterocycles. The molecule has 1 nitrogen and oxygen atoms in total. The summed E-state index contributed by atoms with van der Waals surface area (Å²) in [6, 6.07) is 14.4. The molecule has 0 bridgehead atoms.